The summed E-state index contributed by atoms with van der Waals surface area (Å²) in [4.78, 5) is 12.4. The van der Waals surface area contributed by atoms with E-state index in [1.807, 2.05) is 44.2 Å². The van der Waals surface area contributed by atoms with E-state index in [0.29, 0.717) is 5.75 Å². The third-order valence-electron chi connectivity index (χ3n) is 3.78. The molecule has 0 saturated carbocycles. The van der Waals surface area contributed by atoms with Crippen molar-refractivity contribution in [2.45, 2.75) is 37.8 Å². The van der Waals surface area contributed by atoms with Crippen molar-refractivity contribution in [3.05, 3.63) is 59.7 Å². The van der Waals surface area contributed by atoms with Gasteiger partial charge in [0, 0.05) is 12.1 Å². The Kier molecular flexibility index (Phi) is 6.39. The maximum absolute atomic E-state index is 12.7. The van der Waals surface area contributed by atoms with Gasteiger partial charge in [-0.3, -0.25) is 4.79 Å². The number of amides is 1. The van der Waals surface area contributed by atoms with Crippen LogP contribution in [0.1, 0.15) is 42.7 Å². The van der Waals surface area contributed by atoms with Crippen molar-refractivity contribution in [2.24, 2.45) is 0 Å². The topological polar surface area (TPSA) is 84.5 Å². The number of ether oxygens (including phenoxy) is 1. The SMILES string of the molecule is COc1ccc(S(=O)(=O)N[C@@H](C)c2ccccc2)cc1C(=O)NC(C)C. The maximum atomic E-state index is 12.7. The average molecular weight is 376 g/mol. The van der Waals surface area contributed by atoms with Crippen LogP contribution in [-0.4, -0.2) is 27.5 Å². The van der Waals surface area contributed by atoms with Crippen molar-refractivity contribution in [3.63, 3.8) is 0 Å². The van der Waals surface area contributed by atoms with Crippen LogP contribution in [0.15, 0.2) is 53.4 Å². The lowest BCUT2D eigenvalue weighted by atomic mass is 10.1. The molecule has 2 rings (SSSR count). The molecule has 0 aliphatic carbocycles. The minimum Gasteiger partial charge on any atom is -0.496 e. The van der Waals surface area contributed by atoms with Crippen molar-refractivity contribution >= 4 is 15.9 Å². The lowest BCUT2D eigenvalue weighted by molar-refractivity contribution is 0.0940. The van der Waals surface area contributed by atoms with Gasteiger partial charge in [0.15, 0.2) is 0 Å². The summed E-state index contributed by atoms with van der Waals surface area (Å²) in [5.74, 6) is -0.0665. The average Bonchev–Trinajstić information content (AvgIpc) is 2.60. The van der Waals surface area contributed by atoms with Crippen molar-refractivity contribution in [2.75, 3.05) is 7.11 Å². The molecular formula is C19H24N2O4S. The first kappa shape index (κ1) is 19.9. The van der Waals surface area contributed by atoms with Gasteiger partial charge in [0.25, 0.3) is 5.91 Å². The highest BCUT2D eigenvalue weighted by atomic mass is 32.2. The lowest BCUT2D eigenvalue weighted by Crippen LogP contribution is -2.31. The van der Waals surface area contributed by atoms with E-state index < -0.39 is 16.1 Å². The molecule has 0 radical (unpaired) electrons. The minimum atomic E-state index is -3.80. The molecule has 2 N–H and O–H groups in total. The molecule has 7 heteroatoms. The molecule has 0 unspecified atom stereocenters. The first-order valence-electron chi connectivity index (χ1n) is 8.30. The molecule has 6 nitrogen and oxygen atoms in total. The van der Waals surface area contributed by atoms with Gasteiger partial charge in [-0.25, -0.2) is 13.1 Å². The molecule has 26 heavy (non-hydrogen) atoms. The fraction of sp³-hybridized carbons (Fsp3) is 0.316. The number of carbonyl (C=O) groups is 1. The van der Waals surface area contributed by atoms with E-state index in [4.69, 9.17) is 4.74 Å². The molecule has 2 aromatic carbocycles. The van der Waals surface area contributed by atoms with Crippen molar-refractivity contribution in [3.8, 4) is 5.75 Å². The number of carbonyl (C=O) groups excluding carboxylic acids is 1. The summed E-state index contributed by atoms with van der Waals surface area (Å²) in [5.41, 5.74) is 1.03. The minimum absolute atomic E-state index is 0.00925. The highest BCUT2D eigenvalue weighted by Gasteiger charge is 2.22. The monoisotopic (exact) mass is 376 g/mol. The molecule has 0 bridgehead atoms. The van der Waals surface area contributed by atoms with E-state index >= 15 is 0 Å². The van der Waals surface area contributed by atoms with Crippen LogP contribution in [0.5, 0.6) is 5.75 Å². The van der Waals surface area contributed by atoms with Gasteiger partial charge in [0.05, 0.1) is 17.6 Å². The van der Waals surface area contributed by atoms with Crippen molar-refractivity contribution in [1.82, 2.24) is 10.0 Å². The van der Waals surface area contributed by atoms with Crippen LogP contribution in [0.2, 0.25) is 0 Å². The van der Waals surface area contributed by atoms with Crippen LogP contribution in [-0.2, 0) is 10.0 Å². The van der Waals surface area contributed by atoms with Crippen LogP contribution < -0.4 is 14.8 Å². The van der Waals surface area contributed by atoms with Crippen LogP contribution in [0, 0.1) is 0 Å². The molecule has 1 atom stereocenters. The van der Waals surface area contributed by atoms with Gasteiger partial charge in [0.1, 0.15) is 5.75 Å². The summed E-state index contributed by atoms with van der Waals surface area (Å²) in [6.45, 7) is 5.42. The summed E-state index contributed by atoms with van der Waals surface area (Å²) in [6.07, 6.45) is 0. The van der Waals surface area contributed by atoms with E-state index in [1.54, 1.807) is 6.92 Å². The predicted octanol–water partition coefficient (Wildman–Crippen LogP) is 2.87. The Labute approximate surface area is 154 Å². The summed E-state index contributed by atoms with van der Waals surface area (Å²) in [7, 11) is -2.37. The zero-order valence-corrected chi connectivity index (χ0v) is 16.1. The molecule has 0 aliphatic heterocycles. The summed E-state index contributed by atoms with van der Waals surface area (Å²) in [6, 6.07) is 13.0. The molecule has 0 aromatic heterocycles. The Hall–Kier alpha value is -2.38. The van der Waals surface area contributed by atoms with E-state index in [1.165, 1.54) is 25.3 Å². The third kappa shape index (κ3) is 4.83. The van der Waals surface area contributed by atoms with Gasteiger partial charge < -0.3 is 10.1 Å². The molecule has 0 aliphatic rings. The van der Waals surface area contributed by atoms with E-state index in [2.05, 4.69) is 10.0 Å². The summed E-state index contributed by atoms with van der Waals surface area (Å²) in [5, 5.41) is 2.74. The number of hydrogen-bond donors (Lipinski definition) is 2. The van der Waals surface area contributed by atoms with Gasteiger partial charge in [-0.15, -0.1) is 0 Å². The molecule has 2 aromatic rings. The predicted molar refractivity (Wildman–Crippen MR) is 101 cm³/mol. The molecular weight excluding hydrogens is 352 g/mol. The fourth-order valence-corrected chi connectivity index (χ4v) is 3.74. The zero-order chi connectivity index (χ0) is 19.3. The number of nitrogens with one attached hydrogen (secondary N) is 2. The number of hydrogen-bond acceptors (Lipinski definition) is 4. The number of methoxy groups -OCH3 is 1. The second kappa shape index (κ2) is 8.33. The molecule has 0 heterocycles. The second-order valence-corrected chi connectivity index (χ2v) is 7.96. The van der Waals surface area contributed by atoms with Crippen molar-refractivity contribution in [1.29, 1.82) is 0 Å². The smallest absolute Gasteiger partial charge is 0.255 e. The van der Waals surface area contributed by atoms with E-state index in [-0.39, 0.29) is 22.4 Å². The third-order valence-corrected chi connectivity index (χ3v) is 5.32. The Morgan fingerprint density at radius 2 is 1.69 bits per heavy atom. The number of sulfonamides is 1. The summed E-state index contributed by atoms with van der Waals surface area (Å²) < 4.78 is 33.3. The molecule has 0 saturated heterocycles. The zero-order valence-electron chi connectivity index (χ0n) is 15.3. The fourth-order valence-electron chi connectivity index (χ4n) is 2.48. The molecule has 0 fully saturated rings. The van der Waals surface area contributed by atoms with Gasteiger partial charge in [-0.05, 0) is 44.5 Å². The van der Waals surface area contributed by atoms with Gasteiger partial charge in [0.2, 0.25) is 10.0 Å². The van der Waals surface area contributed by atoms with E-state index in [9.17, 15) is 13.2 Å². The van der Waals surface area contributed by atoms with Crippen LogP contribution in [0.25, 0.3) is 0 Å². The second-order valence-electron chi connectivity index (χ2n) is 6.24. The number of rotatable bonds is 7. The Morgan fingerprint density at radius 3 is 2.27 bits per heavy atom. The first-order chi connectivity index (χ1) is 12.2. The first-order valence-corrected chi connectivity index (χ1v) is 9.79. The molecule has 1 amide bonds. The molecule has 140 valence electrons. The van der Waals surface area contributed by atoms with Crippen LogP contribution >= 0.6 is 0 Å². The quantitative estimate of drug-likeness (QED) is 0.778. The Morgan fingerprint density at radius 1 is 1.04 bits per heavy atom. The number of benzene rings is 2. The summed E-state index contributed by atoms with van der Waals surface area (Å²) >= 11 is 0. The van der Waals surface area contributed by atoms with E-state index in [0.717, 1.165) is 5.56 Å². The van der Waals surface area contributed by atoms with Crippen LogP contribution in [0.3, 0.4) is 0 Å². The highest BCUT2D eigenvalue weighted by molar-refractivity contribution is 7.89. The van der Waals surface area contributed by atoms with Crippen LogP contribution in [0.4, 0.5) is 0 Å². The lowest BCUT2D eigenvalue weighted by Gasteiger charge is -2.16. The normalized spacial score (nSPS) is 12.7. The van der Waals surface area contributed by atoms with Gasteiger partial charge >= 0.3 is 0 Å². The Balaban J connectivity index is 2.33. The largest absolute Gasteiger partial charge is 0.496 e. The standard InChI is InChI=1S/C19H24N2O4S/c1-13(2)20-19(22)17-12-16(10-11-18(17)25-4)26(23,24)21-14(3)15-8-6-5-7-9-15/h5-14,21H,1-4H3,(H,20,22)/t14-/m0/s1. The highest BCUT2D eigenvalue weighted by Crippen LogP contribution is 2.24. The van der Waals surface area contributed by atoms with Crippen molar-refractivity contribution < 1.29 is 17.9 Å². The molecule has 0 spiro atoms. The van der Waals surface area contributed by atoms with Gasteiger partial charge in [-0.2, -0.15) is 0 Å². The van der Waals surface area contributed by atoms with Gasteiger partial charge in [-0.1, -0.05) is 30.3 Å². The maximum Gasteiger partial charge on any atom is 0.255 e. The Bertz CT molecular complexity index is 864.